The van der Waals surface area contributed by atoms with E-state index < -0.39 is 11.6 Å². The molecule has 3 rings (SSSR count). The number of nitrogens with one attached hydrogen (secondary N) is 1. The molecule has 1 unspecified atom stereocenters. The van der Waals surface area contributed by atoms with Gasteiger partial charge in [-0.15, -0.1) is 11.3 Å². The zero-order valence-corrected chi connectivity index (χ0v) is 11.5. The van der Waals surface area contributed by atoms with Crippen molar-refractivity contribution in [2.24, 2.45) is 0 Å². The average molecular weight is 290 g/mol. The van der Waals surface area contributed by atoms with Gasteiger partial charge in [0.05, 0.1) is 16.3 Å². The fourth-order valence-corrected chi connectivity index (χ4v) is 2.81. The number of benzene rings is 1. The monoisotopic (exact) mass is 290 g/mol. The second-order valence-electron chi connectivity index (χ2n) is 4.57. The quantitative estimate of drug-likeness (QED) is 0.753. The smallest absolute Gasteiger partial charge is 0.160 e. The number of pyridine rings is 1. The fraction of sp³-hybridized carbons (Fsp3) is 0.133. The van der Waals surface area contributed by atoms with Crippen LogP contribution in [0.2, 0.25) is 0 Å². The molecule has 0 radical (unpaired) electrons. The Morgan fingerprint density at radius 3 is 2.80 bits per heavy atom. The third-order valence-corrected chi connectivity index (χ3v) is 3.98. The van der Waals surface area contributed by atoms with Gasteiger partial charge in [0.15, 0.2) is 11.6 Å². The third-order valence-electron chi connectivity index (χ3n) is 3.13. The summed E-state index contributed by atoms with van der Waals surface area (Å²) in [7, 11) is 0. The Bertz CT molecular complexity index is 754. The second-order valence-corrected chi connectivity index (χ2v) is 5.52. The summed E-state index contributed by atoms with van der Waals surface area (Å²) in [5.74, 6) is -1.70. The maximum atomic E-state index is 13.2. The molecule has 0 saturated heterocycles. The predicted octanol–water partition coefficient (Wildman–Crippen LogP) is 4.75. The van der Waals surface area contributed by atoms with Crippen LogP contribution in [0.15, 0.2) is 41.9 Å². The van der Waals surface area contributed by atoms with E-state index in [2.05, 4.69) is 16.4 Å². The predicted molar refractivity (Wildman–Crippen MR) is 78.0 cm³/mol. The molecule has 20 heavy (non-hydrogen) atoms. The maximum Gasteiger partial charge on any atom is 0.160 e. The summed E-state index contributed by atoms with van der Waals surface area (Å²) in [5, 5.41) is 5.14. The fourth-order valence-electron chi connectivity index (χ4n) is 2.02. The average Bonchev–Trinajstić information content (AvgIpc) is 2.90. The van der Waals surface area contributed by atoms with Crippen molar-refractivity contribution in [3.8, 4) is 0 Å². The highest BCUT2D eigenvalue weighted by molar-refractivity contribution is 7.17. The minimum Gasteiger partial charge on any atom is -0.378 e. The summed E-state index contributed by atoms with van der Waals surface area (Å²) >= 11 is 1.63. The van der Waals surface area contributed by atoms with E-state index in [1.54, 1.807) is 17.5 Å². The molecule has 0 aliphatic rings. The number of rotatable bonds is 3. The molecule has 3 aromatic rings. The zero-order chi connectivity index (χ0) is 14.1. The second kappa shape index (κ2) is 5.17. The number of halogens is 2. The molecule has 0 aliphatic heterocycles. The van der Waals surface area contributed by atoms with Crippen LogP contribution in [0, 0.1) is 11.6 Å². The lowest BCUT2D eigenvalue weighted by Gasteiger charge is -2.15. The molecule has 1 aromatic carbocycles. The van der Waals surface area contributed by atoms with Gasteiger partial charge >= 0.3 is 0 Å². The molecule has 0 spiro atoms. The van der Waals surface area contributed by atoms with Gasteiger partial charge in [0, 0.05) is 18.0 Å². The van der Waals surface area contributed by atoms with Crippen LogP contribution in [0.4, 0.5) is 14.5 Å². The van der Waals surface area contributed by atoms with E-state index in [0.717, 1.165) is 27.9 Å². The Labute approximate surface area is 119 Å². The standard InChI is InChI=1S/C15H12F2N2S/c1-9(19-11-2-3-12(16)13(17)7-11)10-6-15-14(18-8-10)4-5-20-15/h2-9,19H,1H3. The van der Waals surface area contributed by atoms with E-state index in [-0.39, 0.29) is 6.04 Å². The van der Waals surface area contributed by atoms with E-state index in [0.29, 0.717) is 5.69 Å². The molecule has 2 heterocycles. The lowest BCUT2D eigenvalue weighted by molar-refractivity contribution is 0.509. The normalized spacial score (nSPS) is 12.6. The van der Waals surface area contributed by atoms with Crippen LogP contribution in [-0.2, 0) is 0 Å². The van der Waals surface area contributed by atoms with Crippen LogP contribution in [0.5, 0.6) is 0 Å². The Morgan fingerprint density at radius 1 is 1.15 bits per heavy atom. The summed E-state index contributed by atoms with van der Waals surface area (Å²) < 4.78 is 27.2. The van der Waals surface area contributed by atoms with E-state index in [4.69, 9.17) is 0 Å². The van der Waals surface area contributed by atoms with Gasteiger partial charge in [0.25, 0.3) is 0 Å². The van der Waals surface area contributed by atoms with Crippen LogP contribution >= 0.6 is 11.3 Å². The van der Waals surface area contributed by atoms with Crippen LogP contribution in [0.3, 0.4) is 0 Å². The molecular formula is C15H12F2N2S. The van der Waals surface area contributed by atoms with Crippen molar-refractivity contribution in [3.05, 3.63) is 59.1 Å². The summed E-state index contributed by atoms with van der Waals surface area (Å²) in [6.45, 7) is 1.96. The Kier molecular flexibility index (Phi) is 3.36. The van der Waals surface area contributed by atoms with Gasteiger partial charge in [-0.1, -0.05) is 0 Å². The highest BCUT2D eigenvalue weighted by atomic mass is 32.1. The lowest BCUT2D eigenvalue weighted by Crippen LogP contribution is -2.07. The number of aromatic nitrogens is 1. The molecule has 5 heteroatoms. The molecule has 0 aliphatic carbocycles. The number of fused-ring (bicyclic) bond motifs is 1. The molecule has 0 bridgehead atoms. The van der Waals surface area contributed by atoms with Crippen LogP contribution in [0.25, 0.3) is 10.2 Å². The molecule has 2 nitrogen and oxygen atoms in total. The van der Waals surface area contributed by atoms with Crippen molar-refractivity contribution in [1.29, 1.82) is 0 Å². The molecule has 1 N–H and O–H groups in total. The summed E-state index contributed by atoms with van der Waals surface area (Å²) in [6, 6.07) is 7.78. The molecular weight excluding hydrogens is 278 g/mol. The van der Waals surface area contributed by atoms with Crippen molar-refractivity contribution < 1.29 is 8.78 Å². The molecule has 0 fully saturated rings. The number of thiophene rings is 1. The zero-order valence-electron chi connectivity index (χ0n) is 10.7. The summed E-state index contributed by atoms with van der Waals surface area (Å²) in [4.78, 5) is 4.37. The molecule has 2 aromatic heterocycles. The highest BCUT2D eigenvalue weighted by Crippen LogP contribution is 2.25. The Morgan fingerprint density at radius 2 is 2.00 bits per heavy atom. The summed E-state index contributed by atoms with van der Waals surface area (Å²) in [5.41, 5.74) is 2.52. The molecule has 0 saturated carbocycles. The van der Waals surface area contributed by atoms with Gasteiger partial charge in [0.1, 0.15) is 0 Å². The first kappa shape index (κ1) is 13.0. The van der Waals surface area contributed by atoms with Crippen LogP contribution in [0.1, 0.15) is 18.5 Å². The van der Waals surface area contributed by atoms with Crippen molar-refractivity contribution >= 4 is 27.2 Å². The largest absolute Gasteiger partial charge is 0.378 e. The molecule has 102 valence electrons. The van der Waals surface area contributed by atoms with Crippen molar-refractivity contribution in [1.82, 2.24) is 4.98 Å². The van der Waals surface area contributed by atoms with Gasteiger partial charge in [-0.2, -0.15) is 0 Å². The van der Waals surface area contributed by atoms with Crippen LogP contribution in [-0.4, -0.2) is 4.98 Å². The van der Waals surface area contributed by atoms with Crippen molar-refractivity contribution in [3.63, 3.8) is 0 Å². The van der Waals surface area contributed by atoms with E-state index in [1.165, 1.54) is 6.07 Å². The minimum atomic E-state index is -0.853. The topological polar surface area (TPSA) is 24.9 Å². The first-order valence-corrected chi connectivity index (χ1v) is 7.06. The first-order chi connectivity index (χ1) is 9.63. The lowest BCUT2D eigenvalue weighted by atomic mass is 10.1. The van der Waals surface area contributed by atoms with Crippen molar-refractivity contribution in [2.45, 2.75) is 13.0 Å². The summed E-state index contributed by atoms with van der Waals surface area (Å²) in [6.07, 6.45) is 1.80. The molecule has 0 amide bonds. The molecule has 1 atom stereocenters. The van der Waals surface area contributed by atoms with Gasteiger partial charge in [-0.3, -0.25) is 4.98 Å². The third kappa shape index (κ3) is 2.49. The van der Waals surface area contributed by atoms with Gasteiger partial charge in [-0.25, -0.2) is 8.78 Å². The van der Waals surface area contributed by atoms with Gasteiger partial charge in [0.2, 0.25) is 0 Å². The number of nitrogens with zero attached hydrogens (tertiary/aromatic N) is 1. The number of anilines is 1. The van der Waals surface area contributed by atoms with Crippen molar-refractivity contribution in [2.75, 3.05) is 5.32 Å². The Balaban J connectivity index is 1.84. The maximum absolute atomic E-state index is 13.2. The van der Waals surface area contributed by atoms with E-state index >= 15 is 0 Å². The number of hydrogen-bond donors (Lipinski definition) is 1. The van der Waals surface area contributed by atoms with E-state index in [1.807, 2.05) is 18.4 Å². The Hall–Kier alpha value is -2.01. The SMILES string of the molecule is CC(Nc1ccc(F)c(F)c1)c1cnc2ccsc2c1. The van der Waals surface area contributed by atoms with Crippen LogP contribution < -0.4 is 5.32 Å². The number of hydrogen-bond acceptors (Lipinski definition) is 3. The highest BCUT2D eigenvalue weighted by Gasteiger charge is 2.09. The van der Waals surface area contributed by atoms with E-state index in [9.17, 15) is 8.78 Å². The first-order valence-electron chi connectivity index (χ1n) is 6.18. The van der Waals surface area contributed by atoms with Gasteiger partial charge in [-0.05, 0) is 42.1 Å². The minimum absolute atomic E-state index is 0.0427. The van der Waals surface area contributed by atoms with Gasteiger partial charge < -0.3 is 5.32 Å².